The minimum absolute atomic E-state index is 0.0179. The summed E-state index contributed by atoms with van der Waals surface area (Å²) in [6.45, 7) is 16.5. The lowest BCUT2D eigenvalue weighted by Crippen LogP contribution is -2.62. The maximum absolute atomic E-state index is 15.0. The highest BCUT2D eigenvalue weighted by Gasteiger charge is 2.43. The van der Waals surface area contributed by atoms with Gasteiger partial charge in [0.2, 0.25) is 106 Å². The Labute approximate surface area is 783 Å². The van der Waals surface area contributed by atoms with Crippen molar-refractivity contribution in [1.29, 1.82) is 0 Å². The molecule has 1 saturated heterocycles. The van der Waals surface area contributed by atoms with E-state index in [1.54, 1.807) is 102 Å². The summed E-state index contributed by atoms with van der Waals surface area (Å²) in [5.74, 6) is -17.5. The number of hydrogen-bond donors (Lipinski definition) is 25. The van der Waals surface area contributed by atoms with Crippen LogP contribution in [0.2, 0.25) is 0 Å². The van der Waals surface area contributed by atoms with Crippen molar-refractivity contribution in [3.63, 3.8) is 0 Å². The SMILES string of the molecule is CC[C@H](C)[C@H](NC(=O)[C@H](CCCCN)NC(=O)[C@H](C)NC(=O)[C@H](C)N)C(=O)N[C@H](C(=O)N[C@@H](CC(C)C)C(=O)N[C@@H](CC(N)=O)C(=O)N1CCC[C@H]1C(=O)N[C@@H](CCCCN)C(=O)N[C@@H](Cc1ccccc1)C(=O)N[C@@H](CCCN=C(N)N)C(=O)N[C@@H](CS)C(=O)N[C@@H](CCCCN)C(=O)N[C@@H](C)C(=O)N[C@@H](C)C(=O)N[C@@H](Cc1ccccc1)C(=O)N[C@@H](CS)C(N)=O)[C@@H](C)CC. The van der Waals surface area contributed by atoms with Crippen LogP contribution in [0.15, 0.2) is 65.7 Å². The van der Waals surface area contributed by atoms with Crippen LogP contribution in [0.1, 0.15) is 190 Å². The molecule has 132 heavy (non-hydrogen) atoms. The molecule has 0 unspecified atom stereocenters. The van der Waals surface area contributed by atoms with Crippen molar-refractivity contribution < 1.29 is 86.3 Å². The summed E-state index contributed by atoms with van der Waals surface area (Å²) in [4.78, 5) is 258. The molecular formula is C87H145N25O18S2. The second-order valence-corrected chi connectivity index (χ2v) is 34.5. The number of aliphatic imine (C=N–C) groups is 1. The number of benzene rings is 2. The van der Waals surface area contributed by atoms with Crippen molar-refractivity contribution in [3.8, 4) is 0 Å². The van der Waals surface area contributed by atoms with E-state index < -0.39 is 227 Å². The van der Waals surface area contributed by atoms with E-state index in [2.05, 4.69) is 110 Å². The fraction of sp³-hybridized carbons (Fsp3) is 0.644. The van der Waals surface area contributed by atoms with E-state index in [0.717, 1.165) is 4.90 Å². The Morgan fingerprint density at radius 1 is 0.394 bits per heavy atom. The molecule has 0 radical (unpaired) electrons. The van der Waals surface area contributed by atoms with Gasteiger partial charge in [0.05, 0.1) is 12.5 Å². The van der Waals surface area contributed by atoms with Gasteiger partial charge in [0.1, 0.15) is 96.7 Å². The predicted molar refractivity (Wildman–Crippen MR) is 502 cm³/mol. The molecule has 0 aliphatic carbocycles. The molecule has 1 fully saturated rings. The Kier molecular flexibility index (Phi) is 52.8. The van der Waals surface area contributed by atoms with Crippen LogP contribution in [0.3, 0.4) is 0 Å². The van der Waals surface area contributed by atoms with Gasteiger partial charge in [-0.15, -0.1) is 0 Å². The maximum Gasteiger partial charge on any atom is 0.246 e. The van der Waals surface area contributed by atoms with Gasteiger partial charge in [-0.1, -0.05) is 115 Å². The van der Waals surface area contributed by atoms with Crippen LogP contribution in [0.25, 0.3) is 0 Å². The lowest BCUT2D eigenvalue weighted by atomic mass is 9.94. The number of rotatable bonds is 62. The lowest BCUT2D eigenvalue weighted by molar-refractivity contribution is -0.143. The molecule has 18 amide bonds. The number of amides is 18. The average molecular weight is 1890 g/mol. The molecule has 1 heterocycles. The Balaban J connectivity index is 1.94. The van der Waals surface area contributed by atoms with Crippen molar-refractivity contribution in [2.24, 2.45) is 68.6 Å². The van der Waals surface area contributed by atoms with E-state index in [1.165, 1.54) is 27.7 Å². The molecule has 738 valence electrons. The van der Waals surface area contributed by atoms with Crippen LogP contribution in [0, 0.1) is 17.8 Å². The number of likely N-dealkylation sites (tertiary alicyclic amines) is 1. The molecule has 45 heteroatoms. The summed E-state index contributed by atoms with van der Waals surface area (Å²) in [6.07, 6.45) is 1.88. The van der Waals surface area contributed by atoms with Gasteiger partial charge in [-0.2, -0.15) is 25.3 Å². The summed E-state index contributed by atoms with van der Waals surface area (Å²) < 4.78 is 0. The number of nitrogens with zero attached hydrogens (tertiary/aromatic N) is 2. The van der Waals surface area contributed by atoms with E-state index in [4.69, 9.17) is 45.9 Å². The third-order valence-corrected chi connectivity index (χ3v) is 23.0. The molecule has 2 aromatic carbocycles. The second-order valence-electron chi connectivity index (χ2n) is 33.8. The van der Waals surface area contributed by atoms with Crippen LogP contribution >= 0.6 is 25.3 Å². The van der Waals surface area contributed by atoms with E-state index in [0.29, 0.717) is 49.7 Å². The summed E-state index contributed by atoms with van der Waals surface area (Å²) in [7, 11) is 0. The van der Waals surface area contributed by atoms with Crippen LogP contribution in [-0.4, -0.2) is 264 Å². The van der Waals surface area contributed by atoms with Gasteiger partial charge in [0.25, 0.3) is 0 Å². The van der Waals surface area contributed by atoms with Gasteiger partial charge in [0.15, 0.2) is 5.96 Å². The molecule has 0 aromatic heterocycles. The van der Waals surface area contributed by atoms with Gasteiger partial charge >= 0.3 is 0 Å². The molecule has 0 spiro atoms. The maximum atomic E-state index is 15.0. The monoisotopic (exact) mass is 1890 g/mol. The van der Waals surface area contributed by atoms with Gasteiger partial charge in [0, 0.05) is 37.4 Å². The zero-order valence-corrected chi connectivity index (χ0v) is 79.3. The molecule has 1 aliphatic rings. The number of primary amides is 2. The molecule has 1 aliphatic heterocycles. The minimum Gasteiger partial charge on any atom is -0.370 e. The van der Waals surface area contributed by atoms with Crippen molar-refractivity contribution in [1.82, 2.24) is 84.7 Å². The highest BCUT2D eigenvalue weighted by molar-refractivity contribution is 7.80. The summed E-state index contributed by atoms with van der Waals surface area (Å²) >= 11 is 8.46. The molecule has 3 rings (SSSR count). The van der Waals surface area contributed by atoms with Crippen LogP contribution in [0.5, 0.6) is 0 Å². The van der Waals surface area contributed by atoms with Gasteiger partial charge in [-0.25, -0.2) is 0 Å². The third-order valence-electron chi connectivity index (χ3n) is 22.3. The van der Waals surface area contributed by atoms with Gasteiger partial charge in [-0.3, -0.25) is 91.3 Å². The first kappa shape index (κ1) is 115. The number of nitrogens with one attached hydrogen (secondary N) is 15. The van der Waals surface area contributed by atoms with Crippen molar-refractivity contribution in [2.45, 2.75) is 294 Å². The quantitative estimate of drug-likeness (QED) is 0.0128. The molecule has 0 bridgehead atoms. The fourth-order valence-electron chi connectivity index (χ4n) is 14.0. The van der Waals surface area contributed by atoms with Crippen LogP contribution in [0.4, 0.5) is 0 Å². The normalized spacial score (nSPS) is 16.4. The number of carbonyl (C=O) groups excluding carboxylic acids is 18. The third kappa shape index (κ3) is 40.8. The Morgan fingerprint density at radius 2 is 0.735 bits per heavy atom. The average Bonchev–Trinajstić information content (AvgIpc) is 1.63. The molecule has 19 atom stereocenters. The van der Waals surface area contributed by atoms with Crippen molar-refractivity contribution in [2.75, 3.05) is 44.2 Å². The number of guanidine groups is 1. The first-order valence-electron chi connectivity index (χ1n) is 45.1. The standard InChI is InChI=1S/C87H145N25O18S2/c1-11-48(5)68(111-85(129)69(49(6)12-2)110-78(122)58(33-21-24-38-90)100-73(117)52(9)97-71(115)50(7)91)84(128)106-60(41-47(3)4)79(123)107-63(44-67(92)113)86(130)112-40-26-35-66(112)83(127)103-57(32-20-23-37-89)76(120)105-62(43-55-29-17-14-18-30-55)80(124)101-59(34-25-39-96-87(94)95)77(121)109-65(46-132)82(126)102-56(31-19-22-36-88)75(119)99-51(8)72(116)98-53(10)74(118)104-61(42-54-27-15-13-16-28-54)81(125)108-64(45-131)70(93)114/h13-18,27-30,47-53,56-66,68-69,131-132H,11-12,19-26,31-46,88-91H2,1-10H3,(H2,92,113)(H2,93,114)(H,97,115)(H,98,116)(H,99,119)(H,100,117)(H,101,124)(H,102,126)(H,103,127)(H,104,118)(H,105,120)(H,106,128)(H,107,123)(H,108,125)(H,109,121)(H,110,122)(H,111,129)(H4,94,95,96)/t48-,49-,50-,51-,52-,53-,56-,57-,58-,59-,60-,61-,62-,63-,64-,65-,66-,68-,69-/m0/s1. The van der Waals surface area contributed by atoms with E-state index in [9.17, 15) is 81.5 Å². The summed E-state index contributed by atoms with van der Waals surface area (Å²) in [6, 6.07) is -5.73. The van der Waals surface area contributed by atoms with Gasteiger partial charge < -0.3 is 131 Å². The van der Waals surface area contributed by atoms with E-state index >= 15 is 4.79 Å². The van der Waals surface area contributed by atoms with Crippen LogP contribution in [-0.2, 0) is 99.1 Å². The zero-order chi connectivity index (χ0) is 99.0. The number of thiol groups is 2. The number of nitrogens with two attached hydrogens (primary N) is 8. The lowest BCUT2D eigenvalue weighted by Gasteiger charge is -2.32. The molecule has 0 saturated carbocycles. The highest BCUT2D eigenvalue weighted by Crippen LogP contribution is 2.23. The van der Waals surface area contributed by atoms with Crippen molar-refractivity contribution >= 4 is 138 Å². The minimum atomic E-state index is -1.73. The Bertz CT molecular complexity index is 4160. The molecule has 2 aromatic rings. The number of unbranched alkanes of at least 4 members (excludes halogenated alkanes) is 3. The fourth-order valence-corrected chi connectivity index (χ4v) is 14.6. The zero-order valence-electron chi connectivity index (χ0n) is 77.5. The summed E-state index contributed by atoms with van der Waals surface area (Å²) in [5.41, 5.74) is 46.8. The number of hydrogen-bond acceptors (Lipinski definition) is 25. The summed E-state index contributed by atoms with van der Waals surface area (Å²) in [5, 5.41) is 39.6. The molecular weight excluding hydrogens is 1750 g/mol. The molecule has 43 nitrogen and oxygen atoms in total. The Morgan fingerprint density at radius 3 is 1.16 bits per heavy atom. The largest absolute Gasteiger partial charge is 0.370 e. The van der Waals surface area contributed by atoms with Crippen molar-refractivity contribution in [3.05, 3.63) is 71.8 Å². The van der Waals surface area contributed by atoms with Crippen LogP contribution < -0.4 is 126 Å². The predicted octanol–water partition coefficient (Wildman–Crippen LogP) is -5.06. The highest BCUT2D eigenvalue weighted by atomic mass is 32.1. The smallest absolute Gasteiger partial charge is 0.246 e. The second kappa shape index (κ2) is 60.7. The topological polar surface area (TPSA) is 711 Å². The number of carbonyl (C=O) groups is 18. The Hall–Kier alpha value is -11.3. The molecule has 31 N–H and O–H groups in total. The van der Waals surface area contributed by atoms with Gasteiger partial charge in [-0.05, 0) is 166 Å². The van der Waals surface area contributed by atoms with E-state index in [1.807, 2.05) is 0 Å². The first-order valence-corrected chi connectivity index (χ1v) is 46.4. The van der Waals surface area contributed by atoms with E-state index in [-0.39, 0.29) is 133 Å². The first-order chi connectivity index (χ1) is 62.5.